The lowest BCUT2D eigenvalue weighted by atomic mass is 9.91. The number of hydrogen-bond donors (Lipinski definition) is 2. The first-order valence-corrected chi connectivity index (χ1v) is 10.5. The van der Waals surface area contributed by atoms with Gasteiger partial charge in [0.15, 0.2) is 0 Å². The van der Waals surface area contributed by atoms with Crippen LogP contribution in [0.4, 0.5) is 0 Å². The molecule has 160 valence electrons. The number of carbonyl (C=O) groups is 2. The maximum Gasteiger partial charge on any atom is 0.273 e. The van der Waals surface area contributed by atoms with Crippen LogP contribution in [0.15, 0.2) is 83.3 Å². The third kappa shape index (κ3) is 6.16. The zero-order valence-corrected chi connectivity index (χ0v) is 18.6. The molecule has 31 heavy (non-hydrogen) atoms. The topological polar surface area (TPSA) is 76.7 Å². The Morgan fingerprint density at radius 3 is 2.06 bits per heavy atom. The summed E-state index contributed by atoms with van der Waals surface area (Å²) in [5, 5.41) is 0. The lowest BCUT2D eigenvalue weighted by molar-refractivity contribution is -0.122. The molecule has 0 heterocycles. The minimum Gasteiger partial charge on any atom is -0.490 e. The lowest BCUT2D eigenvalue weighted by Crippen LogP contribution is -2.44. The summed E-state index contributed by atoms with van der Waals surface area (Å²) in [6, 6.07) is 23.9. The van der Waals surface area contributed by atoms with Gasteiger partial charge in [-0.1, -0.05) is 76.6 Å². The van der Waals surface area contributed by atoms with Crippen LogP contribution in [0.2, 0.25) is 0 Å². The highest BCUT2D eigenvalue weighted by molar-refractivity contribution is 9.10. The molecule has 0 spiro atoms. The van der Waals surface area contributed by atoms with Gasteiger partial charge in [0.25, 0.3) is 5.91 Å². The SMILES string of the molecule is COCCOc1ccc(Br)cc1C(=O)NNC(=O)C(c1ccccc1)c1ccccc1. The monoisotopic (exact) mass is 482 g/mol. The van der Waals surface area contributed by atoms with Crippen LogP contribution in [0.5, 0.6) is 5.75 Å². The number of halogens is 1. The van der Waals surface area contributed by atoms with E-state index >= 15 is 0 Å². The van der Waals surface area contributed by atoms with Crippen LogP contribution >= 0.6 is 15.9 Å². The maximum absolute atomic E-state index is 13.1. The highest BCUT2D eigenvalue weighted by Crippen LogP contribution is 2.25. The third-order valence-corrected chi connectivity index (χ3v) is 5.05. The van der Waals surface area contributed by atoms with Crippen LogP contribution in [0.3, 0.4) is 0 Å². The average Bonchev–Trinajstić information content (AvgIpc) is 2.80. The van der Waals surface area contributed by atoms with Gasteiger partial charge in [0.2, 0.25) is 5.91 Å². The highest BCUT2D eigenvalue weighted by atomic mass is 79.9. The molecule has 0 atom stereocenters. The van der Waals surface area contributed by atoms with Crippen molar-refractivity contribution in [2.24, 2.45) is 0 Å². The van der Waals surface area contributed by atoms with E-state index in [1.165, 1.54) is 0 Å². The Morgan fingerprint density at radius 2 is 1.48 bits per heavy atom. The molecule has 0 fully saturated rings. The molecule has 3 aromatic carbocycles. The van der Waals surface area contributed by atoms with Crippen molar-refractivity contribution in [2.45, 2.75) is 5.92 Å². The maximum atomic E-state index is 13.1. The van der Waals surface area contributed by atoms with Crippen molar-refractivity contribution in [2.75, 3.05) is 20.3 Å². The molecule has 3 aromatic rings. The summed E-state index contributed by atoms with van der Waals surface area (Å²) in [7, 11) is 1.57. The van der Waals surface area contributed by atoms with Gasteiger partial charge in [-0.15, -0.1) is 0 Å². The molecule has 0 aromatic heterocycles. The van der Waals surface area contributed by atoms with Crippen molar-refractivity contribution >= 4 is 27.7 Å². The molecule has 0 radical (unpaired) electrons. The number of hydrogen-bond acceptors (Lipinski definition) is 4. The molecule has 0 aliphatic heterocycles. The van der Waals surface area contributed by atoms with E-state index in [9.17, 15) is 9.59 Å². The molecule has 0 aliphatic rings. The van der Waals surface area contributed by atoms with E-state index < -0.39 is 11.8 Å². The molecule has 0 saturated heterocycles. The molecule has 0 aliphatic carbocycles. The van der Waals surface area contributed by atoms with Crippen molar-refractivity contribution in [1.29, 1.82) is 0 Å². The predicted molar refractivity (Wildman–Crippen MR) is 122 cm³/mol. The van der Waals surface area contributed by atoms with Gasteiger partial charge in [-0.2, -0.15) is 0 Å². The summed E-state index contributed by atoms with van der Waals surface area (Å²) < 4.78 is 11.3. The largest absolute Gasteiger partial charge is 0.490 e. The van der Waals surface area contributed by atoms with Gasteiger partial charge in [0.05, 0.1) is 18.1 Å². The van der Waals surface area contributed by atoms with Gasteiger partial charge < -0.3 is 9.47 Å². The minimum atomic E-state index is -0.567. The number of benzene rings is 3. The van der Waals surface area contributed by atoms with Crippen LogP contribution in [-0.2, 0) is 9.53 Å². The smallest absolute Gasteiger partial charge is 0.273 e. The van der Waals surface area contributed by atoms with Crippen LogP contribution < -0.4 is 15.6 Å². The van der Waals surface area contributed by atoms with E-state index in [2.05, 4.69) is 26.8 Å². The summed E-state index contributed by atoms with van der Waals surface area (Å²) >= 11 is 3.36. The first-order chi connectivity index (χ1) is 15.1. The number of methoxy groups -OCH3 is 1. The van der Waals surface area contributed by atoms with E-state index in [0.29, 0.717) is 24.5 Å². The van der Waals surface area contributed by atoms with E-state index in [1.807, 2.05) is 60.7 Å². The van der Waals surface area contributed by atoms with Crippen molar-refractivity contribution in [3.63, 3.8) is 0 Å². The van der Waals surface area contributed by atoms with E-state index in [0.717, 1.165) is 15.6 Å². The van der Waals surface area contributed by atoms with Crippen molar-refractivity contribution in [1.82, 2.24) is 10.9 Å². The van der Waals surface area contributed by atoms with Gasteiger partial charge in [0, 0.05) is 11.6 Å². The Kier molecular flexibility index (Phi) is 8.20. The summed E-state index contributed by atoms with van der Waals surface area (Å²) in [6.45, 7) is 0.693. The number of amides is 2. The standard InChI is InChI=1S/C24H23BrN2O4/c1-30-14-15-31-21-13-12-19(25)16-20(21)23(28)26-27-24(29)22(17-8-4-2-5-9-17)18-10-6-3-7-11-18/h2-13,16,22H,14-15H2,1H3,(H,26,28)(H,27,29). The molecular formula is C24H23BrN2O4. The number of nitrogens with one attached hydrogen (secondary N) is 2. The molecule has 7 heteroatoms. The van der Waals surface area contributed by atoms with E-state index in [1.54, 1.807) is 25.3 Å². The Bertz CT molecular complexity index is 973. The fraction of sp³-hybridized carbons (Fsp3) is 0.167. The van der Waals surface area contributed by atoms with Gasteiger partial charge in [0.1, 0.15) is 12.4 Å². The van der Waals surface area contributed by atoms with Crippen LogP contribution in [-0.4, -0.2) is 32.1 Å². The molecule has 0 unspecified atom stereocenters. The summed E-state index contributed by atoms with van der Waals surface area (Å²) in [6.07, 6.45) is 0. The summed E-state index contributed by atoms with van der Waals surface area (Å²) in [5.41, 5.74) is 7.01. The van der Waals surface area contributed by atoms with E-state index in [4.69, 9.17) is 9.47 Å². The second-order valence-corrected chi connectivity index (χ2v) is 7.60. The van der Waals surface area contributed by atoms with Gasteiger partial charge in [-0.05, 0) is 29.3 Å². The van der Waals surface area contributed by atoms with Gasteiger partial charge >= 0.3 is 0 Å². The molecule has 0 saturated carbocycles. The van der Waals surface area contributed by atoms with E-state index in [-0.39, 0.29) is 5.91 Å². The fourth-order valence-corrected chi connectivity index (χ4v) is 3.45. The first kappa shape index (κ1) is 22.5. The van der Waals surface area contributed by atoms with Crippen molar-refractivity contribution < 1.29 is 19.1 Å². The second kappa shape index (κ2) is 11.3. The number of hydrazine groups is 1. The molecule has 0 bridgehead atoms. The zero-order valence-electron chi connectivity index (χ0n) is 17.0. The Balaban J connectivity index is 1.75. The first-order valence-electron chi connectivity index (χ1n) is 9.71. The highest BCUT2D eigenvalue weighted by Gasteiger charge is 2.23. The van der Waals surface area contributed by atoms with Crippen molar-refractivity contribution in [3.8, 4) is 5.75 Å². The average molecular weight is 483 g/mol. The predicted octanol–water partition coefficient (Wildman–Crippen LogP) is 4.07. The second-order valence-electron chi connectivity index (χ2n) is 6.68. The third-order valence-electron chi connectivity index (χ3n) is 4.56. The summed E-state index contributed by atoms with van der Waals surface area (Å²) in [5.74, 6) is -0.998. The molecule has 6 nitrogen and oxygen atoms in total. The van der Waals surface area contributed by atoms with Crippen LogP contribution in [0.1, 0.15) is 27.4 Å². The van der Waals surface area contributed by atoms with Crippen LogP contribution in [0, 0.1) is 0 Å². The number of ether oxygens (including phenoxy) is 2. The molecule has 2 N–H and O–H groups in total. The molecule has 3 rings (SSSR count). The Morgan fingerprint density at radius 1 is 0.871 bits per heavy atom. The molecular weight excluding hydrogens is 460 g/mol. The van der Waals surface area contributed by atoms with Crippen molar-refractivity contribution in [3.05, 3.63) is 100 Å². The van der Waals surface area contributed by atoms with Crippen LogP contribution in [0.25, 0.3) is 0 Å². The quantitative estimate of drug-likeness (QED) is 0.374. The summed E-state index contributed by atoms with van der Waals surface area (Å²) in [4.78, 5) is 25.9. The number of carbonyl (C=O) groups excluding carboxylic acids is 2. The lowest BCUT2D eigenvalue weighted by Gasteiger charge is -2.18. The number of rotatable bonds is 8. The Hall–Kier alpha value is -3.16. The Labute approximate surface area is 189 Å². The molecule has 2 amide bonds. The van der Waals surface area contributed by atoms with Gasteiger partial charge in [-0.3, -0.25) is 20.4 Å². The van der Waals surface area contributed by atoms with Gasteiger partial charge in [-0.25, -0.2) is 0 Å². The minimum absolute atomic E-state index is 0.293. The zero-order chi connectivity index (χ0) is 22.1. The normalized spacial score (nSPS) is 10.5. The fourth-order valence-electron chi connectivity index (χ4n) is 3.08.